The summed E-state index contributed by atoms with van der Waals surface area (Å²) in [6.07, 6.45) is 0. The predicted octanol–water partition coefficient (Wildman–Crippen LogP) is 5.05. The minimum atomic E-state index is -0.123. The molecule has 6 heteroatoms. The Bertz CT molecular complexity index is 654. The lowest BCUT2D eigenvalue weighted by molar-refractivity contribution is 0.416. The van der Waals surface area contributed by atoms with E-state index in [4.69, 9.17) is 4.74 Å². The summed E-state index contributed by atoms with van der Waals surface area (Å²) in [4.78, 5) is 9.01. The number of halogens is 2. The largest absolute Gasteiger partial charge is 0.495 e. The highest BCUT2D eigenvalue weighted by molar-refractivity contribution is 9.10. The Morgan fingerprint density at radius 2 is 1.81 bits per heavy atom. The van der Waals surface area contributed by atoms with Crippen LogP contribution in [-0.4, -0.2) is 17.1 Å². The first-order valence-electron chi connectivity index (χ1n) is 6.45. The van der Waals surface area contributed by atoms with Crippen molar-refractivity contribution < 1.29 is 4.74 Å². The van der Waals surface area contributed by atoms with Crippen LogP contribution in [0.3, 0.4) is 0 Å². The quantitative estimate of drug-likeness (QED) is 0.713. The zero-order valence-electron chi connectivity index (χ0n) is 12.4. The molecule has 21 heavy (non-hydrogen) atoms. The van der Waals surface area contributed by atoms with E-state index in [1.54, 1.807) is 7.11 Å². The van der Waals surface area contributed by atoms with Gasteiger partial charge in [-0.1, -0.05) is 36.7 Å². The van der Waals surface area contributed by atoms with Crippen molar-refractivity contribution >= 4 is 43.4 Å². The van der Waals surface area contributed by atoms with Gasteiger partial charge in [0.15, 0.2) is 0 Å². The zero-order valence-corrected chi connectivity index (χ0v) is 15.5. The van der Waals surface area contributed by atoms with E-state index in [0.29, 0.717) is 0 Å². The van der Waals surface area contributed by atoms with Crippen molar-refractivity contribution in [2.75, 3.05) is 12.4 Å². The van der Waals surface area contributed by atoms with Crippen molar-refractivity contribution in [3.8, 4) is 5.75 Å². The molecule has 1 N–H and O–H groups in total. The number of hydrogen-bond acceptors (Lipinski definition) is 4. The van der Waals surface area contributed by atoms with E-state index < -0.39 is 0 Å². The first-order chi connectivity index (χ1) is 9.79. The van der Waals surface area contributed by atoms with Gasteiger partial charge >= 0.3 is 0 Å². The molecule has 0 spiro atoms. The molecule has 0 aliphatic rings. The number of anilines is 2. The zero-order chi connectivity index (χ0) is 15.6. The van der Waals surface area contributed by atoms with Gasteiger partial charge in [0.05, 0.1) is 12.8 Å². The van der Waals surface area contributed by atoms with Crippen LogP contribution in [0.1, 0.15) is 26.6 Å². The lowest BCUT2D eigenvalue weighted by atomic mass is 9.96. The van der Waals surface area contributed by atoms with E-state index in [9.17, 15) is 0 Å². The van der Waals surface area contributed by atoms with Crippen LogP contribution >= 0.6 is 31.9 Å². The summed E-state index contributed by atoms with van der Waals surface area (Å²) < 4.78 is 7.08. The van der Waals surface area contributed by atoms with Gasteiger partial charge in [-0.15, -0.1) is 0 Å². The van der Waals surface area contributed by atoms with Gasteiger partial charge in [-0.05, 0) is 34.1 Å². The van der Waals surface area contributed by atoms with Crippen molar-refractivity contribution in [3.63, 3.8) is 0 Å². The molecule has 0 atom stereocenters. The van der Waals surface area contributed by atoms with Crippen molar-refractivity contribution in [2.24, 2.45) is 0 Å². The topological polar surface area (TPSA) is 47.0 Å². The first kappa shape index (κ1) is 16.2. The number of nitrogens with zero attached hydrogens (tertiary/aromatic N) is 2. The lowest BCUT2D eigenvalue weighted by Crippen LogP contribution is -2.17. The Labute approximate surface area is 141 Å². The number of methoxy groups -OCH3 is 1. The third-order valence-electron chi connectivity index (χ3n) is 2.79. The molecular weight excluding hydrogens is 398 g/mol. The van der Waals surface area contributed by atoms with Crippen LogP contribution in [0.2, 0.25) is 0 Å². The van der Waals surface area contributed by atoms with Crippen LogP contribution in [0.4, 0.5) is 11.5 Å². The summed E-state index contributed by atoms with van der Waals surface area (Å²) in [7, 11) is 1.64. The maximum atomic E-state index is 5.36. The third-order valence-corrected chi connectivity index (χ3v) is 3.69. The molecule has 0 unspecified atom stereocenters. The van der Waals surface area contributed by atoms with Crippen LogP contribution in [0, 0.1) is 0 Å². The van der Waals surface area contributed by atoms with Gasteiger partial charge < -0.3 is 10.1 Å². The van der Waals surface area contributed by atoms with Gasteiger partial charge in [0, 0.05) is 16.0 Å². The molecule has 1 aromatic heterocycles. The minimum absolute atomic E-state index is 0.123. The third kappa shape index (κ3) is 4.17. The molecule has 0 aliphatic carbocycles. The van der Waals surface area contributed by atoms with Crippen LogP contribution in [0.15, 0.2) is 33.3 Å². The van der Waals surface area contributed by atoms with Gasteiger partial charge in [0.25, 0.3) is 0 Å². The second-order valence-corrected chi connectivity index (χ2v) is 7.35. The molecule has 4 nitrogen and oxygen atoms in total. The molecule has 2 aromatic rings. The van der Waals surface area contributed by atoms with E-state index in [-0.39, 0.29) is 5.41 Å². The molecule has 1 heterocycles. The predicted molar refractivity (Wildman–Crippen MR) is 92.4 cm³/mol. The SMILES string of the molecule is COc1ccc(Br)cc1Nc1cc(Br)nc(C(C)(C)C)n1. The van der Waals surface area contributed by atoms with Gasteiger partial charge in [-0.2, -0.15) is 0 Å². The Hall–Kier alpha value is -1.14. The van der Waals surface area contributed by atoms with Crippen LogP contribution in [0.25, 0.3) is 0 Å². The molecule has 0 amide bonds. The molecule has 2 rings (SSSR count). The number of hydrogen-bond donors (Lipinski definition) is 1. The van der Waals surface area contributed by atoms with E-state index in [0.717, 1.165) is 32.2 Å². The molecule has 0 saturated carbocycles. The maximum absolute atomic E-state index is 5.36. The molecule has 0 radical (unpaired) electrons. The standard InChI is InChI=1S/C15H17Br2N3O/c1-15(2,3)14-19-12(17)8-13(20-14)18-10-7-9(16)5-6-11(10)21-4/h5-8H,1-4H3,(H,18,19,20). The molecule has 0 fully saturated rings. The fourth-order valence-electron chi connectivity index (χ4n) is 1.73. The molecule has 0 saturated heterocycles. The van der Waals surface area contributed by atoms with Crippen LogP contribution in [-0.2, 0) is 5.41 Å². The Balaban J connectivity index is 2.40. The van der Waals surface area contributed by atoms with E-state index in [1.807, 2.05) is 24.3 Å². The highest BCUT2D eigenvalue weighted by Gasteiger charge is 2.19. The molecule has 1 aromatic carbocycles. The van der Waals surface area contributed by atoms with Crippen molar-refractivity contribution in [1.29, 1.82) is 0 Å². The molecule has 0 bridgehead atoms. The smallest absolute Gasteiger partial charge is 0.142 e. The van der Waals surface area contributed by atoms with E-state index in [1.165, 1.54) is 0 Å². The average Bonchev–Trinajstić information content (AvgIpc) is 2.37. The summed E-state index contributed by atoms with van der Waals surface area (Å²) in [6.45, 7) is 6.24. The number of nitrogens with one attached hydrogen (secondary N) is 1. The number of aromatic nitrogens is 2. The van der Waals surface area contributed by atoms with Crippen LogP contribution < -0.4 is 10.1 Å². The van der Waals surface area contributed by atoms with Crippen molar-refractivity contribution in [2.45, 2.75) is 26.2 Å². The van der Waals surface area contributed by atoms with Gasteiger partial charge in [0.1, 0.15) is 22.0 Å². The molecule has 112 valence electrons. The average molecular weight is 415 g/mol. The van der Waals surface area contributed by atoms with Gasteiger partial charge in [0.2, 0.25) is 0 Å². The number of rotatable bonds is 3. The monoisotopic (exact) mass is 413 g/mol. The fourth-order valence-corrected chi connectivity index (χ4v) is 2.48. The van der Waals surface area contributed by atoms with Gasteiger partial charge in [-0.25, -0.2) is 9.97 Å². The van der Waals surface area contributed by atoms with Gasteiger partial charge in [-0.3, -0.25) is 0 Å². The Morgan fingerprint density at radius 1 is 1.10 bits per heavy atom. The lowest BCUT2D eigenvalue weighted by Gasteiger charge is -2.18. The highest BCUT2D eigenvalue weighted by atomic mass is 79.9. The minimum Gasteiger partial charge on any atom is -0.495 e. The summed E-state index contributed by atoms with van der Waals surface area (Å²) in [5.74, 6) is 2.25. The van der Waals surface area contributed by atoms with E-state index >= 15 is 0 Å². The molecule has 0 aliphatic heterocycles. The second kappa shape index (κ2) is 6.32. The van der Waals surface area contributed by atoms with E-state index in [2.05, 4.69) is 67.9 Å². The van der Waals surface area contributed by atoms with Crippen LogP contribution in [0.5, 0.6) is 5.75 Å². The highest BCUT2D eigenvalue weighted by Crippen LogP contribution is 2.31. The summed E-state index contributed by atoms with van der Waals surface area (Å²) >= 11 is 6.90. The summed E-state index contributed by atoms with van der Waals surface area (Å²) in [5, 5.41) is 3.28. The normalized spacial score (nSPS) is 11.3. The maximum Gasteiger partial charge on any atom is 0.142 e. The molecular formula is C15H17Br2N3O. The Kier molecular flexibility index (Phi) is 4.88. The number of benzene rings is 1. The van der Waals surface area contributed by atoms with Crippen molar-refractivity contribution in [3.05, 3.63) is 39.2 Å². The summed E-state index contributed by atoms with van der Waals surface area (Å²) in [5.41, 5.74) is 0.721. The fraction of sp³-hybridized carbons (Fsp3) is 0.333. The Morgan fingerprint density at radius 3 is 2.43 bits per heavy atom. The van der Waals surface area contributed by atoms with Crippen molar-refractivity contribution in [1.82, 2.24) is 9.97 Å². The number of ether oxygens (including phenoxy) is 1. The summed E-state index contributed by atoms with van der Waals surface area (Å²) in [6, 6.07) is 7.62. The first-order valence-corrected chi connectivity index (χ1v) is 8.04. The second-order valence-electron chi connectivity index (χ2n) is 5.62.